The largest absolute Gasteiger partial charge is 0.326 e. The number of nitrogens with two attached hydrogens (primary N) is 1. The summed E-state index contributed by atoms with van der Waals surface area (Å²) in [6, 6.07) is 5.92. The van der Waals surface area contributed by atoms with E-state index in [1.54, 1.807) is 12.1 Å². The fourth-order valence-electron chi connectivity index (χ4n) is 2.65. The molecule has 6 heteroatoms. The molecule has 1 fully saturated rings. The van der Waals surface area contributed by atoms with Gasteiger partial charge in [-0.15, -0.1) is 0 Å². The molecule has 1 aromatic rings. The van der Waals surface area contributed by atoms with Gasteiger partial charge in [0.1, 0.15) is 0 Å². The molecule has 0 bridgehead atoms. The van der Waals surface area contributed by atoms with Crippen molar-refractivity contribution in [2.24, 2.45) is 5.73 Å². The highest BCUT2D eigenvalue weighted by atomic mass is 16.6. The minimum atomic E-state index is -0.485. The van der Waals surface area contributed by atoms with Crippen LogP contribution in [0, 0.1) is 10.1 Å². The molecule has 1 amide bonds. The second-order valence-corrected chi connectivity index (χ2v) is 5.46. The highest BCUT2D eigenvalue weighted by Crippen LogP contribution is 2.29. The number of anilines is 1. The van der Waals surface area contributed by atoms with Crippen LogP contribution in [-0.4, -0.2) is 16.4 Å². The van der Waals surface area contributed by atoms with E-state index in [1.807, 2.05) is 0 Å². The van der Waals surface area contributed by atoms with E-state index in [1.165, 1.54) is 18.6 Å². The third-order valence-electron chi connectivity index (χ3n) is 3.70. The Kier molecular flexibility index (Phi) is 4.34. The number of nitro benzene ring substituents is 1. The Morgan fingerprint density at radius 2 is 2.05 bits per heavy atom. The van der Waals surface area contributed by atoms with Gasteiger partial charge in [-0.05, 0) is 18.9 Å². The van der Waals surface area contributed by atoms with Crippen LogP contribution in [0.1, 0.15) is 38.5 Å². The molecule has 0 radical (unpaired) electrons. The molecule has 108 valence electrons. The zero-order chi connectivity index (χ0) is 14.6. The van der Waals surface area contributed by atoms with Crippen LogP contribution in [0.4, 0.5) is 11.4 Å². The van der Waals surface area contributed by atoms with Crippen molar-refractivity contribution in [3.63, 3.8) is 0 Å². The number of hydrogen-bond acceptors (Lipinski definition) is 4. The number of benzene rings is 1. The van der Waals surface area contributed by atoms with Gasteiger partial charge in [0, 0.05) is 29.8 Å². The summed E-state index contributed by atoms with van der Waals surface area (Å²) in [4.78, 5) is 22.2. The van der Waals surface area contributed by atoms with Crippen molar-refractivity contribution >= 4 is 17.3 Å². The zero-order valence-electron chi connectivity index (χ0n) is 11.3. The molecular weight excluding hydrogens is 258 g/mol. The number of nitrogens with one attached hydrogen (secondary N) is 1. The van der Waals surface area contributed by atoms with Crippen LogP contribution in [0.15, 0.2) is 24.3 Å². The molecule has 1 aliphatic rings. The molecule has 1 aliphatic carbocycles. The van der Waals surface area contributed by atoms with E-state index in [2.05, 4.69) is 5.32 Å². The predicted octanol–water partition coefficient (Wildman–Crippen LogP) is 2.58. The van der Waals surface area contributed by atoms with Gasteiger partial charge in [-0.2, -0.15) is 0 Å². The quantitative estimate of drug-likeness (QED) is 0.652. The van der Waals surface area contributed by atoms with Gasteiger partial charge in [0.05, 0.1) is 4.92 Å². The summed E-state index contributed by atoms with van der Waals surface area (Å²) in [7, 11) is 0. The van der Waals surface area contributed by atoms with Crippen molar-refractivity contribution in [1.82, 2.24) is 0 Å². The molecule has 0 saturated heterocycles. The van der Waals surface area contributed by atoms with Gasteiger partial charge in [-0.3, -0.25) is 14.9 Å². The number of carbonyl (C=O) groups excluding carboxylic acids is 1. The summed E-state index contributed by atoms with van der Waals surface area (Å²) in [5, 5.41) is 13.4. The van der Waals surface area contributed by atoms with Crippen molar-refractivity contribution in [1.29, 1.82) is 0 Å². The zero-order valence-corrected chi connectivity index (χ0v) is 11.3. The molecule has 0 unspecified atom stereocenters. The fourth-order valence-corrected chi connectivity index (χ4v) is 2.65. The maximum Gasteiger partial charge on any atom is 0.271 e. The van der Waals surface area contributed by atoms with Crippen LogP contribution in [0.2, 0.25) is 0 Å². The molecule has 0 atom stereocenters. The lowest BCUT2D eigenvalue weighted by atomic mass is 9.80. The summed E-state index contributed by atoms with van der Waals surface area (Å²) in [5.41, 5.74) is 6.19. The number of rotatable bonds is 4. The Labute approximate surface area is 117 Å². The Balaban J connectivity index is 1.97. The summed E-state index contributed by atoms with van der Waals surface area (Å²) in [6.45, 7) is 0. The molecule has 0 spiro atoms. The Hall–Kier alpha value is -1.95. The first-order chi connectivity index (χ1) is 9.48. The van der Waals surface area contributed by atoms with Crippen molar-refractivity contribution in [3.8, 4) is 0 Å². The van der Waals surface area contributed by atoms with E-state index in [-0.39, 0.29) is 18.0 Å². The van der Waals surface area contributed by atoms with Crippen molar-refractivity contribution in [2.45, 2.75) is 44.1 Å². The topological polar surface area (TPSA) is 98.3 Å². The number of amides is 1. The summed E-state index contributed by atoms with van der Waals surface area (Å²) in [6.07, 6.45) is 5.26. The number of carbonyl (C=O) groups is 1. The molecule has 3 N–H and O–H groups in total. The molecule has 6 nitrogen and oxygen atoms in total. The Morgan fingerprint density at radius 1 is 1.35 bits per heavy atom. The van der Waals surface area contributed by atoms with Crippen LogP contribution in [0.25, 0.3) is 0 Å². The molecule has 0 aliphatic heterocycles. The van der Waals surface area contributed by atoms with E-state index in [4.69, 9.17) is 5.73 Å². The van der Waals surface area contributed by atoms with Crippen LogP contribution >= 0.6 is 0 Å². The lowest BCUT2D eigenvalue weighted by molar-refractivity contribution is -0.384. The molecule has 1 saturated carbocycles. The van der Waals surface area contributed by atoms with Crippen LogP contribution in [0.5, 0.6) is 0 Å². The first-order valence-corrected chi connectivity index (χ1v) is 6.82. The molecule has 2 rings (SSSR count). The van der Waals surface area contributed by atoms with E-state index < -0.39 is 10.5 Å². The molecule has 0 aromatic heterocycles. The average Bonchev–Trinajstić information content (AvgIpc) is 2.39. The average molecular weight is 277 g/mol. The number of nitrogens with zero attached hydrogens (tertiary/aromatic N) is 1. The molecule has 0 heterocycles. The highest BCUT2D eigenvalue weighted by Gasteiger charge is 2.30. The van der Waals surface area contributed by atoms with Crippen molar-refractivity contribution < 1.29 is 9.72 Å². The second kappa shape index (κ2) is 6.00. The Bertz CT molecular complexity index is 510. The van der Waals surface area contributed by atoms with Gasteiger partial charge in [0.15, 0.2) is 0 Å². The normalized spacial score (nSPS) is 17.4. The van der Waals surface area contributed by atoms with Crippen molar-refractivity contribution in [2.75, 3.05) is 5.32 Å². The second-order valence-electron chi connectivity index (χ2n) is 5.46. The fraction of sp³-hybridized carbons (Fsp3) is 0.500. The maximum atomic E-state index is 12.0. The van der Waals surface area contributed by atoms with Gasteiger partial charge in [-0.25, -0.2) is 0 Å². The summed E-state index contributed by atoms with van der Waals surface area (Å²) in [5.74, 6) is -0.185. The molecule has 20 heavy (non-hydrogen) atoms. The SMILES string of the molecule is NC1(CC(=O)Nc2cccc([N+](=O)[O-])c2)CCCCC1. The Morgan fingerprint density at radius 3 is 2.70 bits per heavy atom. The monoisotopic (exact) mass is 277 g/mol. The summed E-state index contributed by atoms with van der Waals surface area (Å²) >= 11 is 0. The van der Waals surface area contributed by atoms with Gasteiger partial charge in [-0.1, -0.05) is 25.3 Å². The van der Waals surface area contributed by atoms with E-state index >= 15 is 0 Å². The van der Waals surface area contributed by atoms with E-state index in [0.29, 0.717) is 5.69 Å². The number of nitro groups is 1. The third-order valence-corrected chi connectivity index (χ3v) is 3.70. The standard InChI is InChI=1S/C14H19N3O3/c15-14(7-2-1-3-8-14)10-13(18)16-11-5-4-6-12(9-11)17(19)20/h4-6,9H,1-3,7-8,10,15H2,(H,16,18). The minimum absolute atomic E-state index is 0.0390. The minimum Gasteiger partial charge on any atom is -0.326 e. The summed E-state index contributed by atoms with van der Waals surface area (Å²) < 4.78 is 0. The smallest absolute Gasteiger partial charge is 0.271 e. The van der Waals surface area contributed by atoms with Gasteiger partial charge in [0.2, 0.25) is 5.91 Å². The van der Waals surface area contributed by atoms with Gasteiger partial charge in [0.25, 0.3) is 5.69 Å². The van der Waals surface area contributed by atoms with E-state index in [9.17, 15) is 14.9 Å². The van der Waals surface area contributed by atoms with Gasteiger partial charge >= 0.3 is 0 Å². The number of hydrogen-bond donors (Lipinski definition) is 2. The van der Waals surface area contributed by atoms with Crippen LogP contribution in [0.3, 0.4) is 0 Å². The van der Waals surface area contributed by atoms with Crippen molar-refractivity contribution in [3.05, 3.63) is 34.4 Å². The molecular formula is C14H19N3O3. The maximum absolute atomic E-state index is 12.0. The van der Waals surface area contributed by atoms with Crippen LogP contribution < -0.4 is 11.1 Å². The highest BCUT2D eigenvalue weighted by molar-refractivity contribution is 5.91. The van der Waals surface area contributed by atoms with Crippen LogP contribution in [-0.2, 0) is 4.79 Å². The third kappa shape index (κ3) is 3.77. The predicted molar refractivity (Wildman–Crippen MR) is 76.3 cm³/mol. The molecule has 1 aromatic carbocycles. The lowest BCUT2D eigenvalue weighted by Crippen LogP contribution is -2.44. The lowest BCUT2D eigenvalue weighted by Gasteiger charge is -2.32. The first kappa shape index (κ1) is 14.5. The first-order valence-electron chi connectivity index (χ1n) is 6.82. The van der Waals surface area contributed by atoms with E-state index in [0.717, 1.165) is 25.7 Å². The van der Waals surface area contributed by atoms with Gasteiger partial charge < -0.3 is 11.1 Å². The number of non-ortho nitro benzene ring substituents is 1.